The van der Waals surface area contributed by atoms with Gasteiger partial charge in [0.15, 0.2) is 5.82 Å². The number of nitrogens with zero attached hydrogens (tertiary/aromatic N) is 4. The molecule has 0 atom stereocenters. The van der Waals surface area contributed by atoms with Gasteiger partial charge in [0.05, 0.1) is 35.2 Å². The smallest absolute Gasteiger partial charge is 0.154 e. The molecule has 1 aliphatic rings. The van der Waals surface area contributed by atoms with Crippen LogP contribution in [-0.2, 0) is 0 Å². The Labute approximate surface area is 146 Å². The summed E-state index contributed by atoms with van der Waals surface area (Å²) in [4.78, 5) is 9.14. The molecular formula is C18H21N7. The van der Waals surface area contributed by atoms with Crippen LogP contribution in [0.1, 0.15) is 25.3 Å². The maximum atomic E-state index is 4.66. The summed E-state index contributed by atoms with van der Waals surface area (Å²) >= 11 is 0. The lowest BCUT2D eigenvalue weighted by molar-refractivity contribution is 0.472. The predicted molar refractivity (Wildman–Crippen MR) is 99.2 cm³/mol. The van der Waals surface area contributed by atoms with E-state index in [4.69, 9.17) is 0 Å². The minimum atomic E-state index is 0.402. The van der Waals surface area contributed by atoms with Crippen LogP contribution in [0.15, 0.2) is 36.7 Å². The fourth-order valence-corrected chi connectivity index (χ4v) is 2.67. The van der Waals surface area contributed by atoms with E-state index in [-0.39, 0.29) is 0 Å². The van der Waals surface area contributed by atoms with E-state index in [1.807, 2.05) is 30.5 Å². The second-order valence-electron chi connectivity index (χ2n) is 6.61. The first-order valence-corrected chi connectivity index (χ1v) is 8.51. The van der Waals surface area contributed by atoms with Gasteiger partial charge in [0.1, 0.15) is 5.82 Å². The van der Waals surface area contributed by atoms with Gasteiger partial charge in [-0.3, -0.25) is 4.98 Å². The quantitative estimate of drug-likeness (QED) is 0.660. The molecule has 25 heavy (non-hydrogen) atoms. The third kappa shape index (κ3) is 3.51. The largest absolute Gasteiger partial charge is 0.378 e. The number of hydrogen-bond donors (Lipinski definition) is 3. The van der Waals surface area contributed by atoms with E-state index in [1.165, 1.54) is 0 Å². The molecule has 0 saturated carbocycles. The fourth-order valence-electron chi connectivity index (χ4n) is 2.67. The van der Waals surface area contributed by atoms with Crippen molar-refractivity contribution in [1.82, 2.24) is 25.5 Å². The fraction of sp³-hybridized carbons (Fsp3) is 0.333. The molecule has 128 valence electrons. The van der Waals surface area contributed by atoms with Crippen molar-refractivity contribution >= 4 is 28.4 Å². The van der Waals surface area contributed by atoms with Crippen LogP contribution in [-0.4, -0.2) is 39.3 Å². The van der Waals surface area contributed by atoms with Crippen LogP contribution in [0.5, 0.6) is 0 Å². The summed E-state index contributed by atoms with van der Waals surface area (Å²) < 4.78 is 0. The van der Waals surface area contributed by atoms with Gasteiger partial charge in [0.25, 0.3) is 0 Å². The summed E-state index contributed by atoms with van der Waals surface area (Å²) in [5.41, 5.74) is 3.84. The molecule has 1 aliphatic heterocycles. The molecule has 3 N–H and O–H groups in total. The zero-order chi connectivity index (χ0) is 17.2. The van der Waals surface area contributed by atoms with Crippen molar-refractivity contribution in [3.63, 3.8) is 0 Å². The standard InChI is InChI=1S/C18H21N7/c1-11(2)12-5-18(25-21-7-12)24-17-4-3-15-16(23-17)6-13(10-20-15)22-14-8-19-9-14/h3-7,10-11,14,19,22H,8-9H2,1-2H3,(H,23,24,25). The number of pyridine rings is 2. The van der Waals surface area contributed by atoms with Crippen molar-refractivity contribution in [3.8, 4) is 0 Å². The van der Waals surface area contributed by atoms with E-state index in [1.54, 1.807) is 6.20 Å². The minimum absolute atomic E-state index is 0.402. The Balaban J connectivity index is 1.57. The van der Waals surface area contributed by atoms with Crippen LogP contribution in [0.25, 0.3) is 11.0 Å². The molecule has 3 aromatic heterocycles. The maximum absolute atomic E-state index is 4.66. The van der Waals surface area contributed by atoms with Gasteiger partial charge in [-0.2, -0.15) is 5.10 Å². The Morgan fingerprint density at radius 1 is 1.08 bits per heavy atom. The van der Waals surface area contributed by atoms with Crippen molar-refractivity contribution in [2.75, 3.05) is 23.7 Å². The SMILES string of the molecule is CC(C)c1cnnc(Nc2ccc3ncc(NC4CNC4)cc3n2)c1. The number of aromatic nitrogens is 4. The van der Waals surface area contributed by atoms with Crippen LogP contribution in [0.2, 0.25) is 0 Å². The Hall–Kier alpha value is -2.80. The molecule has 0 aliphatic carbocycles. The molecule has 7 heteroatoms. The van der Waals surface area contributed by atoms with Gasteiger partial charge in [-0.05, 0) is 35.7 Å². The van der Waals surface area contributed by atoms with Crippen molar-refractivity contribution in [2.45, 2.75) is 25.8 Å². The van der Waals surface area contributed by atoms with E-state index in [0.717, 1.165) is 41.2 Å². The maximum Gasteiger partial charge on any atom is 0.154 e. The molecule has 0 radical (unpaired) electrons. The molecule has 0 amide bonds. The molecule has 3 aromatic rings. The number of nitrogens with one attached hydrogen (secondary N) is 3. The van der Waals surface area contributed by atoms with Gasteiger partial charge in [0.2, 0.25) is 0 Å². The van der Waals surface area contributed by atoms with Gasteiger partial charge in [-0.15, -0.1) is 5.10 Å². The Morgan fingerprint density at radius 3 is 2.72 bits per heavy atom. The van der Waals surface area contributed by atoms with Crippen LogP contribution < -0.4 is 16.0 Å². The molecule has 0 spiro atoms. The lowest BCUT2D eigenvalue weighted by Gasteiger charge is -2.28. The van der Waals surface area contributed by atoms with Crippen molar-refractivity contribution < 1.29 is 0 Å². The van der Waals surface area contributed by atoms with E-state index >= 15 is 0 Å². The van der Waals surface area contributed by atoms with E-state index in [9.17, 15) is 0 Å². The summed E-state index contributed by atoms with van der Waals surface area (Å²) in [6.45, 7) is 6.23. The van der Waals surface area contributed by atoms with Crippen LogP contribution in [0.3, 0.4) is 0 Å². The predicted octanol–water partition coefficient (Wildman–Crippen LogP) is 2.67. The van der Waals surface area contributed by atoms with Gasteiger partial charge in [0, 0.05) is 13.1 Å². The van der Waals surface area contributed by atoms with Gasteiger partial charge in [-0.25, -0.2) is 4.98 Å². The lowest BCUT2D eigenvalue weighted by atomic mass is 10.1. The van der Waals surface area contributed by atoms with Crippen molar-refractivity contribution in [1.29, 1.82) is 0 Å². The Kier molecular flexibility index (Phi) is 4.15. The normalized spacial score (nSPS) is 14.5. The number of rotatable bonds is 5. The summed E-state index contributed by atoms with van der Waals surface area (Å²) in [5, 5.41) is 18.1. The molecule has 1 saturated heterocycles. The van der Waals surface area contributed by atoms with E-state index < -0.39 is 0 Å². The Bertz CT molecular complexity index is 889. The molecule has 0 aromatic carbocycles. The molecule has 4 rings (SSSR count). The molecular weight excluding hydrogens is 314 g/mol. The highest BCUT2D eigenvalue weighted by molar-refractivity contribution is 5.79. The van der Waals surface area contributed by atoms with Crippen LogP contribution in [0.4, 0.5) is 17.3 Å². The molecule has 1 fully saturated rings. The van der Waals surface area contributed by atoms with Gasteiger partial charge < -0.3 is 16.0 Å². The van der Waals surface area contributed by atoms with Crippen molar-refractivity contribution in [2.24, 2.45) is 0 Å². The van der Waals surface area contributed by atoms with Crippen LogP contribution >= 0.6 is 0 Å². The first-order chi connectivity index (χ1) is 12.2. The average molecular weight is 335 g/mol. The van der Waals surface area contributed by atoms with Crippen molar-refractivity contribution in [3.05, 3.63) is 42.2 Å². The first-order valence-electron chi connectivity index (χ1n) is 8.51. The number of hydrogen-bond acceptors (Lipinski definition) is 7. The minimum Gasteiger partial charge on any atom is -0.378 e. The molecule has 0 bridgehead atoms. The summed E-state index contributed by atoms with van der Waals surface area (Å²) in [6.07, 6.45) is 3.65. The molecule has 0 unspecified atom stereocenters. The highest BCUT2D eigenvalue weighted by Gasteiger charge is 2.16. The average Bonchev–Trinajstić information content (AvgIpc) is 2.58. The molecule has 7 nitrogen and oxygen atoms in total. The monoisotopic (exact) mass is 335 g/mol. The number of anilines is 3. The van der Waals surface area contributed by atoms with E-state index in [2.05, 4.69) is 50.0 Å². The second-order valence-corrected chi connectivity index (χ2v) is 6.61. The zero-order valence-corrected chi connectivity index (χ0v) is 14.3. The summed E-state index contributed by atoms with van der Waals surface area (Å²) in [7, 11) is 0. The Morgan fingerprint density at radius 2 is 1.96 bits per heavy atom. The third-order valence-electron chi connectivity index (χ3n) is 4.29. The lowest BCUT2D eigenvalue weighted by Crippen LogP contribution is -2.51. The summed E-state index contributed by atoms with van der Waals surface area (Å²) in [5.74, 6) is 1.83. The molecule has 4 heterocycles. The number of fused-ring (bicyclic) bond motifs is 1. The van der Waals surface area contributed by atoms with Gasteiger partial charge in [-0.1, -0.05) is 13.8 Å². The highest BCUT2D eigenvalue weighted by atomic mass is 15.2. The first kappa shape index (κ1) is 15.7. The topological polar surface area (TPSA) is 87.7 Å². The van der Waals surface area contributed by atoms with E-state index in [0.29, 0.717) is 17.8 Å². The summed E-state index contributed by atoms with van der Waals surface area (Å²) in [6, 6.07) is 8.36. The second kappa shape index (κ2) is 6.60. The van der Waals surface area contributed by atoms with Crippen LogP contribution in [0, 0.1) is 0 Å². The zero-order valence-electron chi connectivity index (χ0n) is 14.3. The van der Waals surface area contributed by atoms with Gasteiger partial charge >= 0.3 is 0 Å². The third-order valence-corrected chi connectivity index (χ3v) is 4.29. The highest BCUT2D eigenvalue weighted by Crippen LogP contribution is 2.21.